The third kappa shape index (κ3) is 3.71. The number of nitrogens with one attached hydrogen (secondary N) is 1. The summed E-state index contributed by atoms with van der Waals surface area (Å²) < 4.78 is 7.81. The van der Waals surface area contributed by atoms with Gasteiger partial charge in [0.05, 0.1) is 11.2 Å². The van der Waals surface area contributed by atoms with Crippen molar-refractivity contribution in [3.63, 3.8) is 0 Å². The van der Waals surface area contributed by atoms with Crippen molar-refractivity contribution < 1.29 is 9.53 Å². The average molecular weight is 394 g/mol. The summed E-state index contributed by atoms with van der Waals surface area (Å²) in [6.07, 6.45) is 3.88. The second-order valence-corrected chi connectivity index (χ2v) is 6.86. The Balaban J connectivity index is 1.28. The van der Waals surface area contributed by atoms with E-state index >= 15 is 0 Å². The van der Waals surface area contributed by atoms with Gasteiger partial charge in [0.2, 0.25) is 0 Å². The average Bonchev–Trinajstić information content (AvgIpc) is 3.21. The number of pyridine rings is 2. The molecule has 5 aromatic rings. The first-order chi connectivity index (χ1) is 14.7. The summed E-state index contributed by atoms with van der Waals surface area (Å²) >= 11 is 0. The number of imidazole rings is 1. The summed E-state index contributed by atoms with van der Waals surface area (Å²) in [5, 5.41) is 3.88. The molecule has 1 amide bonds. The molecule has 0 fully saturated rings. The van der Waals surface area contributed by atoms with Crippen LogP contribution in [0.2, 0.25) is 0 Å². The Bertz CT molecular complexity index is 1330. The van der Waals surface area contributed by atoms with Crippen molar-refractivity contribution in [3.8, 4) is 5.75 Å². The fraction of sp³-hybridized carbons (Fsp3) is 0.0417. The van der Waals surface area contributed by atoms with Crippen LogP contribution in [0, 0.1) is 0 Å². The number of carbonyl (C=O) groups excluding carboxylic acids is 1. The topological polar surface area (TPSA) is 68.5 Å². The number of fused-ring (bicyclic) bond motifs is 2. The van der Waals surface area contributed by atoms with Crippen molar-refractivity contribution in [2.45, 2.75) is 6.61 Å². The lowest BCUT2D eigenvalue weighted by Crippen LogP contribution is -2.13. The van der Waals surface area contributed by atoms with Crippen molar-refractivity contribution in [3.05, 3.63) is 103 Å². The van der Waals surface area contributed by atoms with Gasteiger partial charge in [-0.25, -0.2) is 9.97 Å². The van der Waals surface area contributed by atoms with Crippen LogP contribution in [0.25, 0.3) is 16.6 Å². The number of carbonyl (C=O) groups is 1. The summed E-state index contributed by atoms with van der Waals surface area (Å²) in [6.45, 7) is 0.339. The SMILES string of the molecule is O=C(Nc1cccc(OCc2cn3ccccc3n2)c1)c1ccc2ccccc2n1. The lowest BCUT2D eigenvalue weighted by atomic mass is 10.2. The summed E-state index contributed by atoms with van der Waals surface area (Å²) in [7, 11) is 0. The first-order valence-corrected chi connectivity index (χ1v) is 9.57. The molecule has 6 heteroatoms. The van der Waals surface area contributed by atoms with Crippen molar-refractivity contribution in [2.24, 2.45) is 0 Å². The van der Waals surface area contributed by atoms with E-state index < -0.39 is 0 Å². The Hall–Kier alpha value is -4.19. The minimum atomic E-state index is -0.266. The van der Waals surface area contributed by atoms with E-state index in [1.165, 1.54) is 0 Å². The number of aromatic nitrogens is 3. The van der Waals surface area contributed by atoms with Gasteiger partial charge in [-0.05, 0) is 36.4 Å². The maximum atomic E-state index is 12.6. The number of hydrogen-bond donors (Lipinski definition) is 1. The van der Waals surface area contributed by atoms with E-state index in [1.807, 2.05) is 83.5 Å². The van der Waals surface area contributed by atoms with E-state index in [-0.39, 0.29) is 5.91 Å². The van der Waals surface area contributed by atoms with Gasteiger partial charge in [-0.1, -0.05) is 36.4 Å². The summed E-state index contributed by atoms with van der Waals surface area (Å²) in [5.41, 5.74) is 3.50. The monoisotopic (exact) mass is 394 g/mol. The first-order valence-electron chi connectivity index (χ1n) is 9.57. The van der Waals surface area contributed by atoms with Crippen molar-refractivity contribution in [1.82, 2.24) is 14.4 Å². The van der Waals surface area contributed by atoms with Gasteiger partial charge in [-0.3, -0.25) is 4.79 Å². The fourth-order valence-electron chi connectivity index (χ4n) is 3.27. The van der Waals surface area contributed by atoms with Gasteiger partial charge in [0.1, 0.15) is 23.7 Å². The molecule has 0 aliphatic rings. The molecule has 0 bridgehead atoms. The third-order valence-electron chi connectivity index (χ3n) is 4.72. The standard InChI is InChI=1S/C24H18N4O2/c29-24(22-12-11-17-6-1-2-9-21(17)27-22)26-18-7-5-8-20(14-18)30-16-19-15-28-13-4-3-10-23(28)25-19/h1-15H,16H2,(H,26,29). The Morgan fingerprint density at radius 2 is 1.83 bits per heavy atom. The maximum absolute atomic E-state index is 12.6. The highest BCUT2D eigenvalue weighted by atomic mass is 16.5. The number of para-hydroxylation sites is 1. The zero-order valence-electron chi connectivity index (χ0n) is 16.0. The Kier molecular flexibility index (Phi) is 4.57. The molecule has 0 saturated heterocycles. The molecule has 3 heterocycles. The molecule has 2 aromatic carbocycles. The Labute approximate surface area is 172 Å². The van der Waals surface area contributed by atoms with Gasteiger partial charge in [-0.15, -0.1) is 0 Å². The summed E-state index contributed by atoms with van der Waals surface area (Å²) in [5.74, 6) is 0.384. The molecule has 0 saturated carbocycles. The number of ether oxygens (including phenoxy) is 1. The number of benzene rings is 2. The molecule has 146 valence electrons. The number of nitrogens with zero attached hydrogens (tertiary/aromatic N) is 3. The van der Waals surface area contributed by atoms with E-state index in [9.17, 15) is 4.79 Å². The quantitative estimate of drug-likeness (QED) is 0.469. The summed E-state index contributed by atoms with van der Waals surface area (Å²) in [6, 6.07) is 24.5. The molecule has 1 N–H and O–H groups in total. The Morgan fingerprint density at radius 3 is 2.77 bits per heavy atom. The van der Waals surface area contributed by atoms with Crippen LogP contribution >= 0.6 is 0 Å². The highest BCUT2D eigenvalue weighted by Gasteiger charge is 2.09. The molecule has 0 spiro atoms. The van der Waals surface area contributed by atoms with Crippen LogP contribution in [0.1, 0.15) is 16.2 Å². The van der Waals surface area contributed by atoms with Crippen LogP contribution in [0.3, 0.4) is 0 Å². The second-order valence-electron chi connectivity index (χ2n) is 6.86. The predicted octanol–water partition coefficient (Wildman–Crippen LogP) is 4.71. The highest BCUT2D eigenvalue weighted by Crippen LogP contribution is 2.20. The highest BCUT2D eigenvalue weighted by molar-refractivity contribution is 6.04. The molecule has 5 rings (SSSR count). The predicted molar refractivity (Wildman–Crippen MR) is 116 cm³/mol. The minimum absolute atomic E-state index is 0.266. The first kappa shape index (κ1) is 17.9. The van der Waals surface area contributed by atoms with Crippen LogP contribution in [-0.2, 0) is 6.61 Å². The van der Waals surface area contributed by atoms with Crippen LogP contribution in [0.4, 0.5) is 5.69 Å². The number of rotatable bonds is 5. The molecule has 0 unspecified atom stereocenters. The second kappa shape index (κ2) is 7.67. The largest absolute Gasteiger partial charge is 0.487 e. The molecular weight excluding hydrogens is 376 g/mol. The van der Waals surface area contributed by atoms with Crippen LogP contribution < -0.4 is 10.1 Å². The van der Waals surface area contributed by atoms with E-state index in [0.29, 0.717) is 23.7 Å². The zero-order chi connectivity index (χ0) is 20.3. The van der Waals surface area contributed by atoms with Gasteiger partial charge < -0.3 is 14.5 Å². The van der Waals surface area contributed by atoms with Gasteiger partial charge in [0.15, 0.2) is 0 Å². The lowest BCUT2D eigenvalue weighted by molar-refractivity contribution is 0.102. The fourth-order valence-corrected chi connectivity index (χ4v) is 3.27. The van der Waals surface area contributed by atoms with Crippen LogP contribution in [-0.4, -0.2) is 20.3 Å². The van der Waals surface area contributed by atoms with E-state index in [2.05, 4.69) is 15.3 Å². The van der Waals surface area contributed by atoms with Gasteiger partial charge in [-0.2, -0.15) is 0 Å². The smallest absolute Gasteiger partial charge is 0.274 e. The van der Waals surface area contributed by atoms with Gasteiger partial charge in [0, 0.05) is 29.5 Å². The van der Waals surface area contributed by atoms with Gasteiger partial charge >= 0.3 is 0 Å². The van der Waals surface area contributed by atoms with Crippen molar-refractivity contribution in [1.29, 1.82) is 0 Å². The maximum Gasteiger partial charge on any atom is 0.274 e. The molecule has 0 atom stereocenters. The summed E-state index contributed by atoms with van der Waals surface area (Å²) in [4.78, 5) is 21.6. The molecular formula is C24H18N4O2. The van der Waals surface area contributed by atoms with Crippen LogP contribution in [0.15, 0.2) is 91.3 Å². The van der Waals surface area contributed by atoms with E-state index in [0.717, 1.165) is 22.2 Å². The number of hydrogen-bond acceptors (Lipinski definition) is 4. The molecule has 30 heavy (non-hydrogen) atoms. The third-order valence-corrected chi connectivity index (χ3v) is 4.72. The molecule has 0 radical (unpaired) electrons. The normalized spacial score (nSPS) is 10.9. The van der Waals surface area contributed by atoms with Crippen molar-refractivity contribution in [2.75, 3.05) is 5.32 Å². The minimum Gasteiger partial charge on any atom is -0.487 e. The number of anilines is 1. The van der Waals surface area contributed by atoms with Crippen LogP contribution in [0.5, 0.6) is 5.75 Å². The van der Waals surface area contributed by atoms with Crippen molar-refractivity contribution >= 4 is 28.1 Å². The zero-order valence-corrected chi connectivity index (χ0v) is 16.0. The van der Waals surface area contributed by atoms with E-state index in [1.54, 1.807) is 12.1 Å². The Morgan fingerprint density at radius 1 is 0.933 bits per heavy atom. The molecule has 0 aliphatic carbocycles. The molecule has 6 nitrogen and oxygen atoms in total. The molecule has 0 aliphatic heterocycles. The van der Waals surface area contributed by atoms with Gasteiger partial charge in [0.25, 0.3) is 5.91 Å². The number of amides is 1. The molecule has 3 aromatic heterocycles. The lowest BCUT2D eigenvalue weighted by Gasteiger charge is -2.09. The van der Waals surface area contributed by atoms with E-state index in [4.69, 9.17) is 4.74 Å².